The second-order valence-corrected chi connectivity index (χ2v) is 5.71. The molecule has 27 heavy (non-hydrogen) atoms. The first-order valence-electron chi connectivity index (χ1n) is 7.99. The number of aryl methyl sites for hydroxylation is 1. The predicted molar refractivity (Wildman–Crippen MR) is 90.4 cm³/mol. The Morgan fingerprint density at radius 3 is 2.37 bits per heavy atom. The van der Waals surface area contributed by atoms with Gasteiger partial charge in [0.1, 0.15) is 0 Å². The van der Waals surface area contributed by atoms with Gasteiger partial charge in [-0.1, -0.05) is 0 Å². The molecule has 0 unspecified atom stereocenters. The monoisotopic (exact) mass is 383 g/mol. The van der Waals surface area contributed by atoms with Gasteiger partial charge in [0.15, 0.2) is 0 Å². The molecule has 1 heterocycles. The van der Waals surface area contributed by atoms with E-state index in [0.29, 0.717) is 12.8 Å². The van der Waals surface area contributed by atoms with Crippen molar-refractivity contribution in [3.63, 3.8) is 0 Å². The van der Waals surface area contributed by atoms with Gasteiger partial charge >= 0.3 is 6.18 Å². The molecule has 1 aromatic carbocycles. The van der Waals surface area contributed by atoms with Crippen LogP contribution in [0.15, 0.2) is 47.4 Å². The molecule has 0 saturated carbocycles. The Kier molecular flexibility index (Phi) is 6.32. The minimum Gasteiger partial charge on any atom is -0.352 e. The summed E-state index contributed by atoms with van der Waals surface area (Å²) in [5.41, 5.74) is -1.28. The van der Waals surface area contributed by atoms with Crippen molar-refractivity contribution in [3.05, 3.63) is 74.2 Å². The summed E-state index contributed by atoms with van der Waals surface area (Å²) in [6.45, 7) is 0.500. The van der Waals surface area contributed by atoms with Crippen molar-refractivity contribution in [1.82, 2.24) is 9.88 Å². The van der Waals surface area contributed by atoms with Gasteiger partial charge in [-0.3, -0.25) is 19.7 Å². The molecule has 144 valence electrons. The Bertz CT molecular complexity index is 876. The number of pyridine rings is 1. The van der Waals surface area contributed by atoms with E-state index in [4.69, 9.17) is 0 Å². The second kappa shape index (κ2) is 8.47. The third-order valence-corrected chi connectivity index (χ3v) is 3.76. The molecule has 10 heteroatoms. The van der Waals surface area contributed by atoms with Gasteiger partial charge < -0.3 is 9.88 Å². The van der Waals surface area contributed by atoms with Crippen LogP contribution in [0, 0.1) is 10.1 Å². The summed E-state index contributed by atoms with van der Waals surface area (Å²) in [7, 11) is 0. The molecule has 0 radical (unpaired) electrons. The molecule has 7 nitrogen and oxygen atoms in total. The highest BCUT2D eigenvalue weighted by Gasteiger charge is 2.30. The number of amides is 1. The van der Waals surface area contributed by atoms with Crippen LogP contribution < -0.4 is 10.9 Å². The van der Waals surface area contributed by atoms with Gasteiger partial charge in [-0.05, 0) is 37.1 Å². The van der Waals surface area contributed by atoms with E-state index in [2.05, 4.69) is 5.32 Å². The van der Waals surface area contributed by atoms with Crippen molar-refractivity contribution in [1.29, 1.82) is 0 Å². The maximum absolute atomic E-state index is 12.5. The Morgan fingerprint density at radius 1 is 1.11 bits per heavy atom. The van der Waals surface area contributed by atoms with Crippen LogP contribution in [0.2, 0.25) is 0 Å². The number of carbonyl (C=O) groups is 1. The average Bonchev–Trinajstić information content (AvgIpc) is 2.61. The summed E-state index contributed by atoms with van der Waals surface area (Å²) in [4.78, 5) is 33.6. The quantitative estimate of drug-likeness (QED) is 0.452. The molecular formula is C17H16F3N3O4. The Balaban J connectivity index is 1.80. The summed E-state index contributed by atoms with van der Waals surface area (Å²) in [6, 6.07) is 6.11. The molecule has 0 atom stereocenters. The average molecular weight is 383 g/mol. The van der Waals surface area contributed by atoms with Crippen molar-refractivity contribution >= 4 is 11.6 Å². The SMILES string of the molecule is O=C(NCCCCn1cc([N+](=O)[O-])ccc1=O)c1ccc(C(F)(F)F)cc1. The molecule has 0 fully saturated rings. The van der Waals surface area contributed by atoms with E-state index in [1.807, 2.05) is 0 Å². The van der Waals surface area contributed by atoms with Crippen LogP contribution in [0.5, 0.6) is 0 Å². The summed E-state index contributed by atoms with van der Waals surface area (Å²) in [5, 5.41) is 13.3. The van der Waals surface area contributed by atoms with E-state index < -0.39 is 22.6 Å². The van der Waals surface area contributed by atoms with Crippen molar-refractivity contribution in [2.24, 2.45) is 0 Å². The maximum Gasteiger partial charge on any atom is 0.416 e. The molecule has 0 aliphatic heterocycles. The van der Waals surface area contributed by atoms with Crippen LogP contribution in [0.25, 0.3) is 0 Å². The lowest BCUT2D eigenvalue weighted by Gasteiger charge is -2.09. The highest BCUT2D eigenvalue weighted by Crippen LogP contribution is 2.29. The first-order chi connectivity index (χ1) is 12.7. The number of alkyl halides is 3. The molecule has 0 aliphatic carbocycles. The zero-order valence-electron chi connectivity index (χ0n) is 14.0. The fraction of sp³-hybridized carbons (Fsp3) is 0.294. The van der Waals surface area contributed by atoms with Gasteiger partial charge in [-0.25, -0.2) is 0 Å². The standard InChI is InChI=1S/C17H16F3N3O4/c18-17(19,20)13-5-3-12(4-6-13)16(25)21-9-1-2-10-22-11-14(23(26)27)7-8-15(22)24/h3-8,11H,1-2,9-10H2,(H,21,25). The first kappa shape index (κ1) is 20.1. The number of hydrogen-bond donors (Lipinski definition) is 1. The normalized spacial score (nSPS) is 11.2. The molecule has 0 aliphatic rings. The summed E-state index contributed by atoms with van der Waals surface area (Å²) >= 11 is 0. The predicted octanol–water partition coefficient (Wildman–Crippen LogP) is 2.99. The van der Waals surface area contributed by atoms with E-state index in [1.54, 1.807) is 0 Å². The summed E-state index contributed by atoms with van der Waals surface area (Å²) in [6.07, 6.45) is -2.33. The first-order valence-corrected chi connectivity index (χ1v) is 7.99. The van der Waals surface area contributed by atoms with Gasteiger partial charge in [0, 0.05) is 30.8 Å². The molecule has 1 aromatic heterocycles. The summed E-state index contributed by atoms with van der Waals surface area (Å²) < 4.78 is 38.7. The Morgan fingerprint density at radius 2 is 1.78 bits per heavy atom. The molecule has 1 amide bonds. The van der Waals surface area contributed by atoms with E-state index in [1.165, 1.54) is 4.57 Å². The number of carbonyl (C=O) groups excluding carboxylic acids is 1. The highest BCUT2D eigenvalue weighted by molar-refractivity contribution is 5.94. The second-order valence-electron chi connectivity index (χ2n) is 5.71. The lowest BCUT2D eigenvalue weighted by Crippen LogP contribution is -2.25. The number of benzene rings is 1. The highest BCUT2D eigenvalue weighted by atomic mass is 19.4. The lowest BCUT2D eigenvalue weighted by atomic mass is 10.1. The topological polar surface area (TPSA) is 94.2 Å². The van der Waals surface area contributed by atoms with Gasteiger partial charge in [0.05, 0.1) is 16.7 Å². The molecular weight excluding hydrogens is 367 g/mol. The number of rotatable bonds is 7. The number of hydrogen-bond acceptors (Lipinski definition) is 4. The van der Waals surface area contributed by atoms with E-state index in [-0.39, 0.29) is 29.9 Å². The van der Waals surface area contributed by atoms with Crippen LogP contribution >= 0.6 is 0 Å². The fourth-order valence-corrected chi connectivity index (χ4v) is 2.32. The largest absolute Gasteiger partial charge is 0.416 e. The van der Waals surface area contributed by atoms with Crippen molar-refractivity contribution in [2.45, 2.75) is 25.6 Å². The number of nitro groups is 1. The van der Waals surface area contributed by atoms with Crippen molar-refractivity contribution < 1.29 is 22.9 Å². The summed E-state index contributed by atoms with van der Waals surface area (Å²) in [5.74, 6) is -0.503. The van der Waals surface area contributed by atoms with Crippen molar-refractivity contribution in [3.8, 4) is 0 Å². The van der Waals surface area contributed by atoms with E-state index in [0.717, 1.165) is 42.6 Å². The number of nitrogens with one attached hydrogen (secondary N) is 1. The molecule has 2 aromatic rings. The van der Waals surface area contributed by atoms with Gasteiger partial charge in [0.25, 0.3) is 17.2 Å². The minimum atomic E-state index is -4.46. The van der Waals surface area contributed by atoms with Crippen LogP contribution in [-0.2, 0) is 12.7 Å². The zero-order chi connectivity index (χ0) is 20.0. The van der Waals surface area contributed by atoms with Crippen molar-refractivity contribution in [2.75, 3.05) is 6.54 Å². The minimum absolute atomic E-state index is 0.109. The van der Waals surface area contributed by atoms with Gasteiger partial charge in [-0.2, -0.15) is 13.2 Å². The van der Waals surface area contributed by atoms with Crippen LogP contribution in [0.4, 0.5) is 18.9 Å². The maximum atomic E-state index is 12.5. The van der Waals surface area contributed by atoms with E-state index >= 15 is 0 Å². The van der Waals surface area contributed by atoms with Crippen LogP contribution in [0.1, 0.15) is 28.8 Å². The van der Waals surface area contributed by atoms with E-state index in [9.17, 15) is 32.9 Å². The number of halogens is 3. The van der Waals surface area contributed by atoms with Crippen LogP contribution in [-0.4, -0.2) is 21.9 Å². The van der Waals surface area contributed by atoms with Gasteiger partial charge in [0.2, 0.25) is 0 Å². The number of unbranched alkanes of at least 4 members (excludes halogenated alkanes) is 1. The Labute approximate surface area is 151 Å². The number of aromatic nitrogens is 1. The zero-order valence-corrected chi connectivity index (χ0v) is 14.0. The molecule has 2 rings (SSSR count). The third-order valence-electron chi connectivity index (χ3n) is 3.76. The van der Waals surface area contributed by atoms with Gasteiger partial charge in [-0.15, -0.1) is 0 Å². The third kappa shape index (κ3) is 5.66. The molecule has 0 spiro atoms. The smallest absolute Gasteiger partial charge is 0.352 e. The fourth-order valence-electron chi connectivity index (χ4n) is 2.32. The van der Waals surface area contributed by atoms with Crippen LogP contribution in [0.3, 0.4) is 0 Å². The Hall–Kier alpha value is -3.17. The number of nitrogens with zero attached hydrogens (tertiary/aromatic N) is 2. The molecule has 0 saturated heterocycles. The molecule has 1 N–H and O–H groups in total. The molecule has 0 bridgehead atoms. The lowest BCUT2D eigenvalue weighted by molar-refractivity contribution is -0.385.